The van der Waals surface area contributed by atoms with Gasteiger partial charge in [0.25, 0.3) is 0 Å². The van der Waals surface area contributed by atoms with Crippen LogP contribution in [0.3, 0.4) is 0 Å². The molecule has 1 aliphatic heterocycles. The Bertz CT molecular complexity index is 228. The lowest BCUT2D eigenvalue weighted by atomic mass is 10.1. The van der Waals surface area contributed by atoms with Crippen LogP contribution in [-0.2, 0) is 9.53 Å². The van der Waals surface area contributed by atoms with Gasteiger partial charge in [-0.05, 0) is 19.4 Å². The maximum Gasteiger partial charge on any atom is 0.239 e. The Morgan fingerprint density at radius 1 is 1.35 bits per heavy atom. The summed E-state index contributed by atoms with van der Waals surface area (Å²) in [4.78, 5) is 16.3. The number of hydrogen-bond donors (Lipinski definition) is 1. The second-order valence-corrected chi connectivity index (χ2v) is 4.50. The van der Waals surface area contributed by atoms with Gasteiger partial charge in [0.1, 0.15) is 0 Å². The molecule has 0 aromatic carbocycles. The number of methoxy groups -OCH3 is 1. The van der Waals surface area contributed by atoms with Crippen LogP contribution in [0.4, 0.5) is 0 Å². The quantitative estimate of drug-likeness (QED) is 0.662. The summed E-state index contributed by atoms with van der Waals surface area (Å²) in [6.45, 7) is 7.43. The summed E-state index contributed by atoms with van der Waals surface area (Å²) < 4.78 is 4.96. The topological polar surface area (TPSA) is 58.8 Å². The molecule has 1 saturated heterocycles. The van der Waals surface area contributed by atoms with Crippen molar-refractivity contribution in [1.82, 2.24) is 9.80 Å². The summed E-state index contributed by atoms with van der Waals surface area (Å²) in [6.07, 6.45) is 1.55. The van der Waals surface area contributed by atoms with Crippen molar-refractivity contribution in [2.45, 2.75) is 25.8 Å². The number of likely N-dealkylation sites (N-methyl/N-ethyl adjacent to an activating group) is 1. The molecule has 0 bridgehead atoms. The van der Waals surface area contributed by atoms with Crippen molar-refractivity contribution in [3.05, 3.63) is 0 Å². The summed E-state index contributed by atoms with van der Waals surface area (Å²) >= 11 is 0. The van der Waals surface area contributed by atoms with E-state index in [1.165, 1.54) is 0 Å². The van der Waals surface area contributed by atoms with E-state index in [1.54, 1.807) is 7.11 Å². The molecule has 1 unspecified atom stereocenters. The maximum absolute atomic E-state index is 12.0. The first-order valence-corrected chi connectivity index (χ1v) is 6.44. The number of nitrogens with two attached hydrogens (primary N) is 1. The van der Waals surface area contributed by atoms with E-state index in [0.717, 1.165) is 39.1 Å². The number of hydrogen-bond acceptors (Lipinski definition) is 4. The van der Waals surface area contributed by atoms with E-state index < -0.39 is 0 Å². The second-order valence-electron chi connectivity index (χ2n) is 4.50. The van der Waals surface area contributed by atoms with E-state index >= 15 is 0 Å². The molecule has 1 fully saturated rings. The number of ether oxygens (including phenoxy) is 1. The highest BCUT2D eigenvalue weighted by atomic mass is 16.5. The minimum Gasteiger partial charge on any atom is -0.385 e. The molecule has 5 nitrogen and oxygen atoms in total. The van der Waals surface area contributed by atoms with Gasteiger partial charge in [-0.1, -0.05) is 6.92 Å². The molecule has 1 rings (SSSR count). The van der Waals surface area contributed by atoms with Crippen LogP contribution in [0.5, 0.6) is 0 Å². The van der Waals surface area contributed by atoms with Gasteiger partial charge in [0.15, 0.2) is 0 Å². The number of carbonyl (C=O) groups is 1. The predicted molar refractivity (Wildman–Crippen MR) is 67.8 cm³/mol. The van der Waals surface area contributed by atoms with Crippen molar-refractivity contribution in [3.8, 4) is 0 Å². The smallest absolute Gasteiger partial charge is 0.239 e. The number of piperazine rings is 1. The van der Waals surface area contributed by atoms with Crippen LogP contribution in [0.25, 0.3) is 0 Å². The Hall–Kier alpha value is -0.650. The highest BCUT2D eigenvalue weighted by Crippen LogP contribution is 2.05. The second kappa shape index (κ2) is 7.63. The van der Waals surface area contributed by atoms with Crippen LogP contribution in [0.15, 0.2) is 0 Å². The highest BCUT2D eigenvalue weighted by molar-refractivity contribution is 5.81. The highest BCUT2D eigenvalue weighted by Gasteiger charge is 2.24. The molecular formula is C12H25N3O2. The molecular weight excluding hydrogens is 218 g/mol. The zero-order valence-corrected chi connectivity index (χ0v) is 11.0. The zero-order valence-electron chi connectivity index (χ0n) is 11.0. The van der Waals surface area contributed by atoms with Gasteiger partial charge in [-0.15, -0.1) is 0 Å². The SMILES string of the molecule is CCN1CCN(C(=O)C(N)CCCOC)CC1. The van der Waals surface area contributed by atoms with E-state index in [4.69, 9.17) is 10.5 Å². The molecule has 17 heavy (non-hydrogen) atoms. The fourth-order valence-electron chi connectivity index (χ4n) is 2.09. The predicted octanol–water partition coefficient (Wildman–Crippen LogP) is -0.0956. The van der Waals surface area contributed by atoms with Crippen LogP contribution in [0, 0.1) is 0 Å². The zero-order chi connectivity index (χ0) is 12.7. The van der Waals surface area contributed by atoms with Gasteiger partial charge in [-0.25, -0.2) is 0 Å². The van der Waals surface area contributed by atoms with E-state index in [0.29, 0.717) is 13.0 Å². The van der Waals surface area contributed by atoms with Gasteiger partial charge < -0.3 is 20.3 Å². The third kappa shape index (κ3) is 4.61. The molecule has 100 valence electrons. The van der Waals surface area contributed by atoms with Crippen molar-refractivity contribution >= 4 is 5.91 Å². The van der Waals surface area contributed by atoms with Crippen LogP contribution in [0.2, 0.25) is 0 Å². The lowest BCUT2D eigenvalue weighted by Crippen LogP contribution is -2.53. The van der Waals surface area contributed by atoms with E-state index in [2.05, 4.69) is 11.8 Å². The molecule has 0 aliphatic carbocycles. The first kappa shape index (κ1) is 14.4. The van der Waals surface area contributed by atoms with Crippen LogP contribution in [0.1, 0.15) is 19.8 Å². The minimum absolute atomic E-state index is 0.0943. The van der Waals surface area contributed by atoms with Gasteiger partial charge in [0.2, 0.25) is 5.91 Å². The third-order valence-corrected chi connectivity index (χ3v) is 3.31. The first-order chi connectivity index (χ1) is 8.19. The van der Waals surface area contributed by atoms with Crippen LogP contribution in [-0.4, -0.2) is 68.2 Å². The molecule has 0 aromatic rings. The van der Waals surface area contributed by atoms with Crippen molar-refractivity contribution in [2.75, 3.05) is 46.4 Å². The molecule has 0 radical (unpaired) electrons. The Morgan fingerprint density at radius 2 is 2.00 bits per heavy atom. The molecule has 0 spiro atoms. The van der Waals surface area contributed by atoms with Gasteiger partial charge in [-0.3, -0.25) is 4.79 Å². The fourth-order valence-corrected chi connectivity index (χ4v) is 2.09. The molecule has 5 heteroatoms. The summed E-state index contributed by atoms with van der Waals surface area (Å²) in [5.74, 6) is 0.0943. The Morgan fingerprint density at radius 3 is 2.53 bits per heavy atom. The van der Waals surface area contributed by atoms with Crippen molar-refractivity contribution < 1.29 is 9.53 Å². The number of nitrogens with zero attached hydrogens (tertiary/aromatic N) is 2. The van der Waals surface area contributed by atoms with E-state index in [1.807, 2.05) is 4.90 Å². The average Bonchev–Trinajstić information content (AvgIpc) is 2.38. The number of rotatable bonds is 6. The minimum atomic E-state index is -0.363. The van der Waals surface area contributed by atoms with Crippen LogP contribution < -0.4 is 5.73 Å². The molecule has 0 saturated carbocycles. The molecule has 1 amide bonds. The van der Waals surface area contributed by atoms with E-state index in [9.17, 15) is 4.79 Å². The Kier molecular flexibility index (Phi) is 6.47. The van der Waals surface area contributed by atoms with E-state index in [-0.39, 0.29) is 11.9 Å². The van der Waals surface area contributed by atoms with Crippen molar-refractivity contribution in [2.24, 2.45) is 5.73 Å². The molecule has 1 heterocycles. The lowest BCUT2D eigenvalue weighted by Gasteiger charge is -2.35. The monoisotopic (exact) mass is 243 g/mol. The number of carbonyl (C=O) groups excluding carboxylic acids is 1. The Balaban J connectivity index is 2.27. The third-order valence-electron chi connectivity index (χ3n) is 3.31. The first-order valence-electron chi connectivity index (χ1n) is 6.44. The van der Waals surface area contributed by atoms with Crippen molar-refractivity contribution in [3.63, 3.8) is 0 Å². The lowest BCUT2D eigenvalue weighted by molar-refractivity contribution is -0.134. The fraction of sp³-hybridized carbons (Fsp3) is 0.917. The standard InChI is InChI=1S/C12H25N3O2/c1-3-14-6-8-15(9-7-14)12(16)11(13)5-4-10-17-2/h11H,3-10,13H2,1-2H3. The normalized spacial score (nSPS) is 19.4. The molecule has 1 atom stereocenters. The Labute approximate surface area is 104 Å². The largest absolute Gasteiger partial charge is 0.385 e. The maximum atomic E-state index is 12.0. The average molecular weight is 243 g/mol. The summed E-state index contributed by atoms with van der Waals surface area (Å²) in [5.41, 5.74) is 5.90. The van der Waals surface area contributed by atoms with Gasteiger partial charge in [-0.2, -0.15) is 0 Å². The number of amides is 1. The summed E-state index contributed by atoms with van der Waals surface area (Å²) in [6, 6.07) is -0.363. The van der Waals surface area contributed by atoms with Crippen LogP contribution >= 0.6 is 0 Å². The van der Waals surface area contributed by atoms with Gasteiger partial charge in [0.05, 0.1) is 6.04 Å². The summed E-state index contributed by atoms with van der Waals surface area (Å²) in [5, 5.41) is 0. The van der Waals surface area contributed by atoms with Gasteiger partial charge in [0, 0.05) is 39.9 Å². The molecule has 0 aromatic heterocycles. The van der Waals surface area contributed by atoms with Crippen molar-refractivity contribution in [1.29, 1.82) is 0 Å². The summed E-state index contributed by atoms with van der Waals surface area (Å²) in [7, 11) is 1.66. The molecule has 1 aliphatic rings. The molecule has 2 N–H and O–H groups in total. The van der Waals surface area contributed by atoms with Gasteiger partial charge >= 0.3 is 0 Å².